The quantitative estimate of drug-likeness (QED) is 0.813. The van der Waals surface area contributed by atoms with Gasteiger partial charge in [-0.25, -0.2) is 0 Å². The van der Waals surface area contributed by atoms with Gasteiger partial charge < -0.3 is 9.80 Å². The Morgan fingerprint density at radius 3 is 3.12 bits per heavy atom. The van der Waals surface area contributed by atoms with E-state index < -0.39 is 0 Å². The molecule has 1 unspecified atom stereocenters. The van der Waals surface area contributed by atoms with Gasteiger partial charge >= 0.3 is 0 Å². The minimum atomic E-state index is 0.0362. The van der Waals surface area contributed by atoms with Gasteiger partial charge in [0.25, 0.3) is 5.91 Å². The Bertz CT molecular complexity index is 349. The largest absolute Gasteiger partial charge is 0.340 e. The van der Waals surface area contributed by atoms with E-state index in [1.165, 1.54) is 12.8 Å². The lowest BCUT2D eigenvalue weighted by Crippen LogP contribution is -2.39. The molecule has 1 amide bonds. The van der Waals surface area contributed by atoms with E-state index in [-0.39, 0.29) is 5.91 Å². The number of carbonyl (C=O) groups excluding carboxylic acids is 1. The molecule has 1 N–H and O–H groups in total. The van der Waals surface area contributed by atoms with E-state index in [0.717, 1.165) is 13.1 Å². The number of H-pyrrole nitrogens is 1. The van der Waals surface area contributed by atoms with Gasteiger partial charge in [-0.05, 0) is 26.4 Å². The summed E-state index contributed by atoms with van der Waals surface area (Å²) in [4.78, 5) is 16.0. The van der Waals surface area contributed by atoms with Crippen molar-refractivity contribution in [1.82, 2.24) is 20.0 Å². The summed E-state index contributed by atoms with van der Waals surface area (Å²) in [6.07, 6.45) is 5.61. The molecule has 2 rings (SSSR count). The molecule has 88 valence electrons. The summed E-state index contributed by atoms with van der Waals surface area (Å²) in [5.41, 5.74) is 0.628. The minimum absolute atomic E-state index is 0.0362. The number of hydrogen-bond acceptors (Lipinski definition) is 3. The number of likely N-dealkylation sites (N-methyl/N-ethyl adjacent to an activating group) is 2. The van der Waals surface area contributed by atoms with Crippen molar-refractivity contribution in [3.05, 3.63) is 18.0 Å². The molecule has 0 saturated carbocycles. The molecule has 0 bridgehead atoms. The van der Waals surface area contributed by atoms with Gasteiger partial charge in [0.05, 0.1) is 11.8 Å². The van der Waals surface area contributed by atoms with Crippen LogP contribution in [-0.4, -0.2) is 59.1 Å². The van der Waals surface area contributed by atoms with Crippen molar-refractivity contribution in [1.29, 1.82) is 0 Å². The highest BCUT2D eigenvalue weighted by molar-refractivity contribution is 5.93. The second-order valence-corrected chi connectivity index (χ2v) is 4.45. The Hall–Kier alpha value is -1.36. The molecule has 1 aliphatic heterocycles. The van der Waals surface area contributed by atoms with E-state index in [0.29, 0.717) is 11.6 Å². The van der Waals surface area contributed by atoms with Gasteiger partial charge in [0.15, 0.2) is 0 Å². The fraction of sp³-hybridized carbons (Fsp3) is 0.636. The Kier molecular flexibility index (Phi) is 3.24. The first-order chi connectivity index (χ1) is 7.68. The van der Waals surface area contributed by atoms with Crippen LogP contribution in [-0.2, 0) is 0 Å². The fourth-order valence-electron chi connectivity index (χ4n) is 2.20. The molecule has 0 aromatic carbocycles. The normalized spacial score (nSPS) is 21.2. The Morgan fingerprint density at radius 2 is 2.56 bits per heavy atom. The molecule has 1 aromatic rings. The SMILES string of the molecule is CN(CC1CCCN1C)C(=O)c1cn[nH]c1. The van der Waals surface area contributed by atoms with Gasteiger partial charge in [0.2, 0.25) is 0 Å². The zero-order valence-electron chi connectivity index (χ0n) is 9.81. The van der Waals surface area contributed by atoms with E-state index in [2.05, 4.69) is 22.1 Å². The van der Waals surface area contributed by atoms with Gasteiger partial charge in [-0.3, -0.25) is 9.89 Å². The molecule has 1 aliphatic rings. The summed E-state index contributed by atoms with van der Waals surface area (Å²) < 4.78 is 0. The van der Waals surface area contributed by atoms with Crippen molar-refractivity contribution in [2.75, 3.05) is 27.2 Å². The van der Waals surface area contributed by atoms with Crippen molar-refractivity contribution in [3.63, 3.8) is 0 Å². The van der Waals surface area contributed by atoms with Crippen LogP contribution >= 0.6 is 0 Å². The van der Waals surface area contributed by atoms with Crippen LogP contribution in [0.2, 0.25) is 0 Å². The summed E-state index contributed by atoms with van der Waals surface area (Å²) in [6, 6.07) is 0.501. The highest BCUT2D eigenvalue weighted by Gasteiger charge is 2.24. The number of amides is 1. The number of nitrogens with one attached hydrogen (secondary N) is 1. The lowest BCUT2D eigenvalue weighted by molar-refractivity contribution is 0.0761. The smallest absolute Gasteiger partial charge is 0.256 e. The van der Waals surface area contributed by atoms with E-state index in [1.807, 2.05) is 7.05 Å². The van der Waals surface area contributed by atoms with E-state index in [1.54, 1.807) is 17.3 Å². The highest BCUT2D eigenvalue weighted by atomic mass is 16.2. The van der Waals surface area contributed by atoms with Gasteiger partial charge in [-0.2, -0.15) is 5.10 Å². The molecule has 16 heavy (non-hydrogen) atoms. The van der Waals surface area contributed by atoms with Crippen molar-refractivity contribution < 1.29 is 4.79 Å². The maximum atomic E-state index is 11.9. The summed E-state index contributed by atoms with van der Waals surface area (Å²) in [6.45, 7) is 1.93. The average Bonchev–Trinajstić information content (AvgIpc) is 2.89. The van der Waals surface area contributed by atoms with Gasteiger partial charge in [-0.15, -0.1) is 0 Å². The van der Waals surface area contributed by atoms with Crippen LogP contribution < -0.4 is 0 Å². The molecule has 5 nitrogen and oxygen atoms in total. The molecular weight excluding hydrogens is 204 g/mol. The van der Waals surface area contributed by atoms with Crippen molar-refractivity contribution in [2.24, 2.45) is 0 Å². The predicted molar refractivity (Wildman–Crippen MR) is 61.2 cm³/mol. The molecular formula is C11H18N4O. The molecule has 2 heterocycles. The van der Waals surface area contributed by atoms with E-state index in [4.69, 9.17) is 0 Å². The predicted octanol–water partition coefficient (Wildman–Crippen LogP) is 0.576. The molecule has 5 heteroatoms. The van der Waals surface area contributed by atoms with Crippen LogP contribution in [0.1, 0.15) is 23.2 Å². The monoisotopic (exact) mass is 222 g/mol. The molecule has 0 spiro atoms. The first-order valence-corrected chi connectivity index (χ1v) is 5.63. The standard InChI is InChI=1S/C11H18N4O/c1-14-5-3-4-10(14)8-15(2)11(16)9-6-12-13-7-9/h6-7,10H,3-5,8H2,1-2H3,(H,12,13). The Morgan fingerprint density at radius 1 is 1.75 bits per heavy atom. The summed E-state index contributed by atoms with van der Waals surface area (Å²) in [5.74, 6) is 0.0362. The van der Waals surface area contributed by atoms with Crippen molar-refractivity contribution >= 4 is 5.91 Å². The maximum absolute atomic E-state index is 11.9. The molecule has 0 radical (unpaired) electrons. The number of rotatable bonds is 3. The maximum Gasteiger partial charge on any atom is 0.256 e. The van der Waals surface area contributed by atoms with Gasteiger partial charge in [0, 0.05) is 25.8 Å². The van der Waals surface area contributed by atoms with E-state index >= 15 is 0 Å². The third-order valence-electron chi connectivity index (χ3n) is 3.25. The number of likely N-dealkylation sites (tertiary alicyclic amines) is 1. The van der Waals surface area contributed by atoms with E-state index in [9.17, 15) is 4.79 Å². The zero-order valence-corrected chi connectivity index (χ0v) is 9.81. The number of nitrogens with zero attached hydrogens (tertiary/aromatic N) is 3. The lowest BCUT2D eigenvalue weighted by atomic mass is 10.2. The minimum Gasteiger partial charge on any atom is -0.340 e. The van der Waals surface area contributed by atoms with Gasteiger partial charge in [0.1, 0.15) is 0 Å². The second-order valence-electron chi connectivity index (χ2n) is 4.45. The Labute approximate surface area is 95.4 Å². The molecule has 0 aliphatic carbocycles. The van der Waals surface area contributed by atoms with Crippen LogP contribution in [0.3, 0.4) is 0 Å². The topological polar surface area (TPSA) is 52.2 Å². The van der Waals surface area contributed by atoms with Crippen LogP contribution in [0.15, 0.2) is 12.4 Å². The number of aromatic amines is 1. The average molecular weight is 222 g/mol. The Balaban J connectivity index is 1.93. The zero-order chi connectivity index (χ0) is 11.5. The fourth-order valence-corrected chi connectivity index (χ4v) is 2.20. The third-order valence-corrected chi connectivity index (χ3v) is 3.25. The van der Waals surface area contributed by atoms with Gasteiger partial charge in [-0.1, -0.05) is 0 Å². The lowest BCUT2D eigenvalue weighted by Gasteiger charge is -2.25. The molecule has 1 aromatic heterocycles. The summed E-state index contributed by atoms with van der Waals surface area (Å²) >= 11 is 0. The van der Waals surface area contributed by atoms with Crippen molar-refractivity contribution in [3.8, 4) is 0 Å². The summed E-state index contributed by atoms with van der Waals surface area (Å²) in [5, 5.41) is 6.45. The number of aromatic nitrogens is 2. The molecule has 1 saturated heterocycles. The first-order valence-electron chi connectivity index (χ1n) is 5.63. The molecule has 1 atom stereocenters. The summed E-state index contributed by atoms with van der Waals surface area (Å²) in [7, 11) is 3.97. The van der Waals surface area contributed by atoms with Crippen LogP contribution in [0.4, 0.5) is 0 Å². The van der Waals surface area contributed by atoms with Crippen LogP contribution in [0, 0.1) is 0 Å². The number of carbonyl (C=O) groups is 1. The van der Waals surface area contributed by atoms with Crippen LogP contribution in [0.5, 0.6) is 0 Å². The molecule has 1 fully saturated rings. The number of hydrogen-bond donors (Lipinski definition) is 1. The van der Waals surface area contributed by atoms with Crippen molar-refractivity contribution in [2.45, 2.75) is 18.9 Å². The van der Waals surface area contributed by atoms with Crippen LogP contribution in [0.25, 0.3) is 0 Å². The first kappa shape index (κ1) is 11.1. The highest BCUT2D eigenvalue weighted by Crippen LogP contribution is 2.16. The third kappa shape index (κ3) is 2.24. The second kappa shape index (κ2) is 4.65.